The van der Waals surface area contributed by atoms with E-state index in [0.717, 1.165) is 6.07 Å². The molecule has 6 nitrogen and oxygen atoms in total. The minimum absolute atomic E-state index is 0.0253. The molecule has 1 aromatic carbocycles. The van der Waals surface area contributed by atoms with E-state index in [9.17, 15) is 18.0 Å². The molecule has 0 saturated heterocycles. The predicted molar refractivity (Wildman–Crippen MR) is 85.9 cm³/mol. The molecule has 3 aromatic rings. The Balaban J connectivity index is 1.99. The van der Waals surface area contributed by atoms with Crippen LogP contribution in [-0.4, -0.2) is 20.7 Å². The van der Waals surface area contributed by atoms with Crippen molar-refractivity contribution >= 4 is 28.5 Å². The van der Waals surface area contributed by atoms with E-state index in [1.165, 1.54) is 16.9 Å². The molecule has 136 valence electrons. The number of hydrogen-bond donors (Lipinski definition) is 0. The molecule has 0 saturated carbocycles. The fourth-order valence-electron chi connectivity index (χ4n) is 2.11. The second-order valence-electron chi connectivity index (χ2n) is 5.20. The van der Waals surface area contributed by atoms with E-state index in [-0.39, 0.29) is 23.0 Å². The number of rotatable bonds is 4. The largest absolute Gasteiger partial charge is 0.417 e. The molecule has 10 heteroatoms. The zero-order valence-electron chi connectivity index (χ0n) is 13.2. The van der Waals surface area contributed by atoms with E-state index in [1.807, 2.05) is 0 Å². The molecule has 0 amide bonds. The normalized spacial score (nSPS) is 11.6. The number of alkyl halides is 3. The number of fused-ring (bicyclic) bond motifs is 1. The van der Waals surface area contributed by atoms with E-state index in [4.69, 9.17) is 16.5 Å². The molecular weight excluding hydrogens is 375 g/mol. The Labute approximate surface area is 150 Å². The molecule has 3 rings (SSSR count). The van der Waals surface area contributed by atoms with Crippen LogP contribution >= 0.6 is 11.6 Å². The van der Waals surface area contributed by atoms with Crippen molar-refractivity contribution in [2.45, 2.75) is 19.5 Å². The third-order valence-corrected chi connectivity index (χ3v) is 3.69. The van der Waals surface area contributed by atoms with E-state index in [0.29, 0.717) is 17.1 Å². The van der Waals surface area contributed by atoms with Gasteiger partial charge in [-0.1, -0.05) is 18.5 Å². The maximum Gasteiger partial charge on any atom is 0.417 e. The molecule has 0 spiro atoms. The van der Waals surface area contributed by atoms with Crippen molar-refractivity contribution in [3.05, 3.63) is 47.2 Å². The van der Waals surface area contributed by atoms with Crippen LogP contribution in [-0.2, 0) is 15.9 Å². The van der Waals surface area contributed by atoms with Gasteiger partial charge >= 0.3 is 12.1 Å². The number of aromatic nitrogens is 3. The summed E-state index contributed by atoms with van der Waals surface area (Å²) >= 11 is 5.96. The van der Waals surface area contributed by atoms with Crippen LogP contribution in [0.25, 0.3) is 16.7 Å². The Hall–Kier alpha value is -2.81. The summed E-state index contributed by atoms with van der Waals surface area (Å²) in [5, 5.41) is 4.55. The van der Waals surface area contributed by atoms with Crippen LogP contribution in [0.1, 0.15) is 18.9 Å². The molecule has 2 heterocycles. The van der Waals surface area contributed by atoms with Crippen molar-refractivity contribution in [3.63, 3.8) is 0 Å². The lowest BCUT2D eigenvalue weighted by Gasteiger charge is -2.10. The number of carbonyl (C=O) groups excluding carboxylic acids is 1. The smallest absolute Gasteiger partial charge is 0.287 e. The second kappa shape index (κ2) is 6.83. The summed E-state index contributed by atoms with van der Waals surface area (Å²) in [5.74, 6) is -0.312. The molecule has 0 N–H and O–H groups in total. The highest BCUT2D eigenvalue weighted by Gasteiger charge is 2.31. The summed E-state index contributed by atoms with van der Waals surface area (Å²) in [6.07, 6.45) is -2.23. The van der Waals surface area contributed by atoms with Crippen molar-refractivity contribution in [1.82, 2.24) is 14.8 Å². The molecule has 0 aliphatic carbocycles. The first-order chi connectivity index (χ1) is 12.3. The monoisotopic (exact) mass is 385 g/mol. The first-order valence-electron chi connectivity index (χ1n) is 7.38. The first-order valence-corrected chi connectivity index (χ1v) is 7.75. The van der Waals surface area contributed by atoms with Crippen LogP contribution in [0.4, 0.5) is 13.2 Å². The van der Waals surface area contributed by atoms with Crippen LogP contribution < -0.4 is 4.89 Å². The van der Waals surface area contributed by atoms with Crippen molar-refractivity contribution in [1.29, 1.82) is 0 Å². The summed E-state index contributed by atoms with van der Waals surface area (Å²) < 4.78 is 39.5. The van der Waals surface area contributed by atoms with Gasteiger partial charge in [-0.05, 0) is 18.2 Å². The van der Waals surface area contributed by atoms with Gasteiger partial charge in [-0.25, -0.2) is 14.5 Å². The van der Waals surface area contributed by atoms with Crippen LogP contribution in [0.5, 0.6) is 5.75 Å². The van der Waals surface area contributed by atoms with Gasteiger partial charge in [0.05, 0.1) is 22.3 Å². The molecule has 26 heavy (non-hydrogen) atoms. The van der Waals surface area contributed by atoms with Gasteiger partial charge in [0.2, 0.25) is 0 Å². The summed E-state index contributed by atoms with van der Waals surface area (Å²) in [6, 6.07) is 5.48. The van der Waals surface area contributed by atoms with Gasteiger partial charge in [0.15, 0.2) is 11.6 Å². The number of halogens is 4. The van der Waals surface area contributed by atoms with Crippen LogP contribution in [0.15, 0.2) is 36.7 Å². The number of pyridine rings is 1. The Morgan fingerprint density at radius 3 is 2.69 bits per heavy atom. The number of carbonyl (C=O) groups is 1. The van der Waals surface area contributed by atoms with E-state index < -0.39 is 17.7 Å². The van der Waals surface area contributed by atoms with E-state index in [2.05, 4.69) is 15.0 Å². The lowest BCUT2D eigenvalue weighted by atomic mass is 10.2. The second-order valence-corrected chi connectivity index (χ2v) is 5.60. The Bertz CT molecular complexity index is 972. The zero-order chi connectivity index (χ0) is 18.9. The molecule has 0 aliphatic rings. The highest BCUT2D eigenvalue weighted by Crippen LogP contribution is 2.33. The average Bonchev–Trinajstić information content (AvgIpc) is 3.01. The third kappa shape index (κ3) is 3.57. The fourth-order valence-corrected chi connectivity index (χ4v) is 2.36. The van der Waals surface area contributed by atoms with Crippen LogP contribution in [0.3, 0.4) is 0 Å². The molecule has 2 aromatic heterocycles. The van der Waals surface area contributed by atoms with Crippen LogP contribution in [0, 0.1) is 0 Å². The van der Waals surface area contributed by atoms with Crippen molar-refractivity contribution < 1.29 is 27.7 Å². The van der Waals surface area contributed by atoms with Crippen molar-refractivity contribution in [2.75, 3.05) is 0 Å². The van der Waals surface area contributed by atoms with E-state index >= 15 is 0 Å². The van der Waals surface area contributed by atoms with Gasteiger partial charge in [-0.15, -0.1) is 0 Å². The lowest BCUT2D eigenvalue weighted by Crippen LogP contribution is -2.08. The summed E-state index contributed by atoms with van der Waals surface area (Å²) in [5.41, 5.74) is -0.498. The summed E-state index contributed by atoms with van der Waals surface area (Å²) in [4.78, 5) is 24.5. The SMILES string of the molecule is CCC(=O)OOc1ccc2cnn(-c3ncc(C(F)(F)F)cc3Cl)c2c1. The Kier molecular flexibility index (Phi) is 4.73. The molecule has 0 unspecified atom stereocenters. The average molecular weight is 386 g/mol. The minimum atomic E-state index is -4.55. The molecule has 0 radical (unpaired) electrons. The highest BCUT2D eigenvalue weighted by molar-refractivity contribution is 6.32. The number of hydrogen-bond acceptors (Lipinski definition) is 5. The van der Waals surface area contributed by atoms with Gasteiger partial charge in [0, 0.05) is 24.1 Å². The molecule has 0 aliphatic heterocycles. The van der Waals surface area contributed by atoms with Gasteiger partial charge in [-0.3, -0.25) is 9.78 Å². The van der Waals surface area contributed by atoms with Gasteiger partial charge in [-0.2, -0.15) is 18.3 Å². The lowest BCUT2D eigenvalue weighted by molar-refractivity contribution is -0.213. The van der Waals surface area contributed by atoms with E-state index in [1.54, 1.807) is 19.1 Å². The maximum atomic E-state index is 12.7. The number of nitrogens with zero attached hydrogens (tertiary/aromatic N) is 3. The molecule has 0 fully saturated rings. The molecular formula is C16H11ClF3N3O3. The minimum Gasteiger partial charge on any atom is -0.287 e. The molecule has 0 bridgehead atoms. The maximum absolute atomic E-state index is 12.7. The van der Waals surface area contributed by atoms with Gasteiger partial charge < -0.3 is 0 Å². The van der Waals surface area contributed by atoms with Gasteiger partial charge in [0.25, 0.3) is 0 Å². The van der Waals surface area contributed by atoms with Gasteiger partial charge in [0.1, 0.15) is 0 Å². The fraction of sp³-hybridized carbons (Fsp3) is 0.188. The quantitative estimate of drug-likeness (QED) is 0.493. The summed E-state index contributed by atoms with van der Waals surface area (Å²) in [6.45, 7) is 1.61. The van der Waals surface area contributed by atoms with Crippen molar-refractivity contribution in [2.24, 2.45) is 0 Å². The molecule has 0 atom stereocenters. The zero-order valence-corrected chi connectivity index (χ0v) is 14.0. The topological polar surface area (TPSA) is 66.2 Å². The standard InChI is InChI=1S/C16H11ClF3N3O3/c1-2-14(24)26-25-11-4-3-9-7-22-23(13(9)6-11)15-12(17)5-10(8-21-15)16(18,19)20/h3-8H,2H2,1H3. The van der Waals surface area contributed by atoms with Crippen LogP contribution in [0.2, 0.25) is 5.02 Å². The van der Waals surface area contributed by atoms with Crippen molar-refractivity contribution in [3.8, 4) is 11.6 Å². The Morgan fingerprint density at radius 1 is 1.27 bits per heavy atom. The predicted octanol–water partition coefficient (Wildman–Crippen LogP) is 4.34. The summed E-state index contributed by atoms with van der Waals surface area (Å²) in [7, 11) is 0. The number of benzene rings is 1. The first kappa shape index (κ1) is 18.0. The third-order valence-electron chi connectivity index (χ3n) is 3.41. The Morgan fingerprint density at radius 2 is 2.04 bits per heavy atom. The highest BCUT2D eigenvalue weighted by atomic mass is 35.5.